The number of hydrogen-bond acceptors (Lipinski definition) is 1. The van der Waals surface area contributed by atoms with Crippen LogP contribution in [0.5, 0.6) is 0 Å². The number of benzene rings is 2. The number of carboxylic acid groups (broad SMARTS) is 1. The Morgan fingerprint density at radius 2 is 1.65 bits per heavy atom. The summed E-state index contributed by atoms with van der Waals surface area (Å²) in [5.74, 6) is -0.836. The van der Waals surface area contributed by atoms with Crippen molar-refractivity contribution >= 4 is 5.97 Å². The van der Waals surface area contributed by atoms with Gasteiger partial charge in [-0.15, -0.1) is 0 Å². The Labute approximate surface area is 118 Å². The van der Waals surface area contributed by atoms with Crippen molar-refractivity contribution in [3.63, 3.8) is 0 Å². The topological polar surface area (TPSA) is 37.3 Å². The van der Waals surface area contributed by atoms with Crippen LogP contribution in [0.3, 0.4) is 0 Å². The molecule has 1 N–H and O–H groups in total. The van der Waals surface area contributed by atoms with Crippen molar-refractivity contribution in [2.45, 2.75) is 31.1 Å². The van der Waals surface area contributed by atoms with Gasteiger partial charge in [0.15, 0.2) is 0 Å². The molecule has 0 unspecified atom stereocenters. The van der Waals surface area contributed by atoms with Crippen LogP contribution in [0.15, 0.2) is 42.5 Å². The van der Waals surface area contributed by atoms with E-state index in [2.05, 4.69) is 24.3 Å². The van der Waals surface area contributed by atoms with Gasteiger partial charge in [0.05, 0.1) is 5.56 Å². The van der Waals surface area contributed by atoms with Gasteiger partial charge in [-0.25, -0.2) is 4.79 Å². The predicted molar refractivity (Wildman–Crippen MR) is 78.1 cm³/mol. The van der Waals surface area contributed by atoms with Gasteiger partial charge in [0.25, 0.3) is 0 Å². The maximum absolute atomic E-state index is 11.3. The molecule has 0 bridgehead atoms. The zero-order valence-corrected chi connectivity index (χ0v) is 11.2. The lowest BCUT2D eigenvalue weighted by atomic mass is 9.76. The third kappa shape index (κ3) is 1.36. The van der Waals surface area contributed by atoms with Gasteiger partial charge in [0.1, 0.15) is 0 Å². The van der Waals surface area contributed by atoms with Crippen LogP contribution < -0.4 is 0 Å². The first-order valence-corrected chi connectivity index (χ1v) is 7.20. The molecule has 2 nitrogen and oxygen atoms in total. The van der Waals surface area contributed by atoms with Crippen molar-refractivity contribution in [3.05, 3.63) is 59.2 Å². The number of carboxylic acids is 1. The minimum atomic E-state index is -0.836. The normalized spacial score (nSPS) is 18.0. The highest BCUT2D eigenvalue weighted by Gasteiger charge is 2.44. The number of hydrogen-bond donors (Lipinski definition) is 1. The van der Waals surface area contributed by atoms with Crippen LogP contribution in [0.4, 0.5) is 0 Å². The van der Waals surface area contributed by atoms with Gasteiger partial charge in [-0.05, 0) is 47.2 Å². The Bertz CT molecular complexity index is 709. The lowest BCUT2D eigenvalue weighted by Crippen LogP contribution is -2.20. The highest BCUT2D eigenvalue weighted by atomic mass is 16.4. The third-order valence-electron chi connectivity index (χ3n) is 4.97. The van der Waals surface area contributed by atoms with Crippen molar-refractivity contribution < 1.29 is 9.90 Å². The van der Waals surface area contributed by atoms with Crippen molar-refractivity contribution in [1.29, 1.82) is 0 Å². The summed E-state index contributed by atoms with van der Waals surface area (Å²) in [5, 5.41) is 9.26. The summed E-state index contributed by atoms with van der Waals surface area (Å²) in [4.78, 5) is 11.3. The van der Waals surface area contributed by atoms with Crippen LogP contribution >= 0.6 is 0 Å². The molecule has 2 aromatic carbocycles. The minimum absolute atomic E-state index is 0.0669. The van der Waals surface area contributed by atoms with Crippen molar-refractivity contribution in [3.8, 4) is 11.1 Å². The molecule has 2 heteroatoms. The summed E-state index contributed by atoms with van der Waals surface area (Å²) in [6, 6.07) is 14.2. The van der Waals surface area contributed by atoms with E-state index < -0.39 is 5.97 Å². The molecule has 0 aliphatic heterocycles. The Morgan fingerprint density at radius 1 is 0.950 bits per heavy atom. The SMILES string of the molecule is O=C(O)c1ccc2c(c1)C1(CCCC1)c1ccccc1-2. The van der Waals surface area contributed by atoms with Crippen molar-refractivity contribution in [2.24, 2.45) is 0 Å². The second kappa shape index (κ2) is 3.95. The number of carbonyl (C=O) groups is 1. The van der Waals surface area contributed by atoms with E-state index in [0.717, 1.165) is 12.8 Å². The summed E-state index contributed by atoms with van der Waals surface area (Å²) < 4.78 is 0. The standard InChI is InChI=1S/C18H16O2/c19-17(20)12-7-8-14-13-5-1-2-6-15(13)18(16(14)11-12)9-3-4-10-18/h1-2,5-8,11H,3-4,9-10H2,(H,19,20). The van der Waals surface area contributed by atoms with Gasteiger partial charge in [0, 0.05) is 5.41 Å². The van der Waals surface area contributed by atoms with E-state index >= 15 is 0 Å². The fourth-order valence-electron chi connectivity index (χ4n) is 4.11. The van der Waals surface area contributed by atoms with E-state index in [0.29, 0.717) is 5.56 Å². The molecule has 0 radical (unpaired) electrons. The summed E-state index contributed by atoms with van der Waals surface area (Å²) in [6.07, 6.45) is 4.73. The molecular weight excluding hydrogens is 248 g/mol. The van der Waals surface area contributed by atoms with E-state index in [1.165, 1.54) is 35.1 Å². The Balaban J connectivity index is 2.03. The van der Waals surface area contributed by atoms with Crippen molar-refractivity contribution in [2.75, 3.05) is 0 Å². The lowest BCUT2D eigenvalue weighted by molar-refractivity contribution is 0.0696. The summed E-state index contributed by atoms with van der Waals surface area (Å²) in [7, 11) is 0. The first-order valence-electron chi connectivity index (χ1n) is 7.20. The second-order valence-corrected chi connectivity index (χ2v) is 5.90. The number of aromatic carboxylic acids is 1. The average Bonchev–Trinajstić information content (AvgIpc) is 3.06. The van der Waals surface area contributed by atoms with Crippen LogP contribution in [0.1, 0.15) is 47.2 Å². The van der Waals surface area contributed by atoms with Crippen molar-refractivity contribution in [1.82, 2.24) is 0 Å². The largest absolute Gasteiger partial charge is 0.478 e. The van der Waals surface area contributed by atoms with Crippen LogP contribution in [0.25, 0.3) is 11.1 Å². The van der Waals surface area contributed by atoms with Gasteiger partial charge in [-0.1, -0.05) is 43.2 Å². The van der Waals surface area contributed by atoms with Gasteiger partial charge >= 0.3 is 5.97 Å². The zero-order valence-electron chi connectivity index (χ0n) is 11.2. The van der Waals surface area contributed by atoms with Crippen LogP contribution in [0.2, 0.25) is 0 Å². The maximum atomic E-state index is 11.3. The first-order chi connectivity index (χ1) is 9.72. The maximum Gasteiger partial charge on any atom is 0.335 e. The smallest absolute Gasteiger partial charge is 0.335 e. The molecule has 0 amide bonds. The molecular formula is C18H16O2. The molecule has 1 saturated carbocycles. The highest BCUT2D eigenvalue weighted by molar-refractivity contribution is 5.91. The first kappa shape index (κ1) is 11.7. The summed E-state index contributed by atoms with van der Waals surface area (Å²) >= 11 is 0. The van der Waals surface area contributed by atoms with E-state index in [9.17, 15) is 9.90 Å². The molecule has 2 aromatic rings. The molecule has 2 aliphatic rings. The van der Waals surface area contributed by atoms with Gasteiger partial charge in [-0.2, -0.15) is 0 Å². The lowest BCUT2D eigenvalue weighted by Gasteiger charge is -2.26. The van der Waals surface area contributed by atoms with Crippen LogP contribution in [-0.4, -0.2) is 11.1 Å². The van der Waals surface area contributed by atoms with Gasteiger partial charge < -0.3 is 5.11 Å². The molecule has 100 valence electrons. The predicted octanol–water partition coefficient (Wildman–Crippen LogP) is 4.23. The monoisotopic (exact) mass is 264 g/mol. The molecule has 4 rings (SSSR count). The fraction of sp³-hybridized carbons (Fsp3) is 0.278. The summed E-state index contributed by atoms with van der Waals surface area (Å²) in [5.41, 5.74) is 5.63. The van der Waals surface area contributed by atoms with Crippen LogP contribution in [0, 0.1) is 0 Å². The quantitative estimate of drug-likeness (QED) is 0.837. The molecule has 0 aromatic heterocycles. The molecule has 1 spiro atoms. The van der Waals surface area contributed by atoms with Crippen LogP contribution in [-0.2, 0) is 5.41 Å². The Kier molecular flexibility index (Phi) is 2.31. The minimum Gasteiger partial charge on any atom is -0.478 e. The van der Waals surface area contributed by atoms with E-state index in [1.807, 2.05) is 12.1 Å². The Morgan fingerprint density at radius 3 is 2.40 bits per heavy atom. The molecule has 0 atom stereocenters. The van der Waals surface area contributed by atoms with Gasteiger partial charge in [0.2, 0.25) is 0 Å². The highest BCUT2D eigenvalue weighted by Crippen LogP contribution is 2.56. The third-order valence-corrected chi connectivity index (χ3v) is 4.97. The molecule has 20 heavy (non-hydrogen) atoms. The van der Waals surface area contributed by atoms with E-state index in [4.69, 9.17) is 0 Å². The summed E-state index contributed by atoms with van der Waals surface area (Å²) in [6.45, 7) is 0. The molecule has 0 saturated heterocycles. The molecule has 2 aliphatic carbocycles. The second-order valence-electron chi connectivity index (χ2n) is 5.90. The van der Waals surface area contributed by atoms with Gasteiger partial charge in [-0.3, -0.25) is 0 Å². The fourth-order valence-corrected chi connectivity index (χ4v) is 4.11. The zero-order chi connectivity index (χ0) is 13.7. The van der Waals surface area contributed by atoms with E-state index in [-0.39, 0.29) is 5.41 Å². The number of rotatable bonds is 1. The van der Waals surface area contributed by atoms with E-state index in [1.54, 1.807) is 6.07 Å². The Hall–Kier alpha value is -2.09. The number of fused-ring (bicyclic) bond motifs is 5. The molecule has 0 heterocycles. The molecule has 1 fully saturated rings. The average molecular weight is 264 g/mol.